The van der Waals surface area contributed by atoms with Crippen molar-refractivity contribution in [2.24, 2.45) is 5.41 Å². The van der Waals surface area contributed by atoms with Crippen molar-refractivity contribution in [2.45, 2.75) is 65.3 Å². The van der Waals surface area contributed by atoms with Crippen molar-refractivity contribution in [1.82, 2.24) is 35.6 Å². The first kappa shape index (κ1) is 38.6. The van der Waals surface area contributed by atoms with Crippen LogP contribution in [0.15, 0.2) is 60.1 Å². The molecule has 4 aromatic rings. The van der Waals surface area contributed by atoms with Crippen LogP contribution in [-0.4, -0.2) is 110 Å². The molecule has 0 aliphatic carbocycles. The summed E-state index contributed by atoms with van der Waals surface area (Å²) in [6.45, 7) is 11.8. The second-order valence-electron chi connectivity index (χ2n) is 15.2. The number of hydrogen-bond donors (Lipinski definition) is 5. The van der Waals surface area contributed by atoms with Crippen LogP contribution in [0.2, 0.25) is 0 Å². The fourth-order valence-electron chi connectivity index (χ4n) is 7.04. The van der Waals surface area contributed by atoms with E-state index in [9.17, 15) is 24.6 Å². The minimum atomic E-state index is -0.928. The van der Waals surface area contributed by atoms with E-state index < -0.39 is 29.5 Å². The number of likely N-dealkylation sites (tertiary alicyclic amines) is 1. The van der Waals surface area contributed by atoms with Crippen molar-refractivity contribution in [3.63, 3.8) is 0 Å². The number of carbonyl (C=O) groups excluding carboxylic acids is 3. The lowest BCUT2D eigenvalue weighted by atomic mass is 9.85. The zero-order chi connectivity index (χ0) is 38.7. The van der Waals surface area contributed by atoms with Crippen LogP contribution < -0.4 is 21.3 Å². The fourth-order valence-corrected chi connectivity index (χ4v) is 7.85. The molecule has 54 heavy (non-hydrogen) atoms. The highest BCUT2D eigenvalue weighted by Crippen LogP contribution is 2.32. The van der Waals surface area contributed by atoms with Gasteiger partial charge in [-0.2, -0.15) is 0 Å². The monoisotopic (exact) mass is 755 g/mol. The summed E-state index contributed by atoms with van der Waals surface area (Å²) in [7, 11) is 0. The molecule has 286 valence electrons. The largest absolute Gasteiger partial charge is 0.507 e. The predicted octanol–water partition coefficient (Wildman–Crippen LogP) is 3.36. The number of β-amino-alcohol motifs (C(OH)–C–C–N with tert-alkyl or cyclic N) is 1. The highest BCUT2D eigenvalue weighted by Gasteiger charge is 2.45. The van der Waals surface area contributed by atoms with E-state index in [1.54, 1.807) is 29.5 Å². The second kappa shape index (κ2) is 16.1. The number of phenols is 1. The molecular weight excluding hydrogens is 707 g/mol. The summed E-state index contributed by atoms with van der Waals surface area (Å²) >= 11 is 1.58. The number of piperazine rings is 1. The van der Waals surface area contributed by atoms with E-state index >= 15 is 0 Å². The molecule has 2 aromatic heterocycles. The van der Waals surface area contributed by atoms with E-state index in [0.29, 0.717) is 43.1 Å². The van der Waals surface area contributed by atoms with Gasteiger partial charge in [-0.25, -0.2) is 4.98 Å². The number of carbonyl (C=O) groups is 3. The van der Waals surface area contributed by atoms with Crippen LogP contribution in [0.4, 0.5) is 11.5 Å². The van der Waals surface area contributed by atoms with Gasteiger partial charge in [0.25, 0.3) is 0 Å². The molecule has 2 saturated heterocycles. The maximum atomic E-state index is 14.2. The topological polar surface area (TPSA) is 190 Å². The van der Waals surface area contributed by atoms with E-state index in [4.69, 9.17) is 5.73 Å². The molecule has 2 aliphatic rings. The first-order valence-corrected chi connectivity index (χ1v) is 19.0. The van der Waals surface area contributed by atoms with Gasteiger partial charge in [0.15, 0.2) is 5.82 Å². The summed E-state index contributed by atoms with van der Waals surface area (Å²) < 4.78 is 0. The van der Waals surface area contributed by atoms with E-state index in [1.165, 1.54) is 4.90 Å². The number of nitrogens with zero attached hydrogens (tertiary/aromatic N) is 6. The van der Waals surface area contributed by atoms with Crippen molar-refractivity contribution in [1.29, 1.82) is 0 Å². The molecule has 15 heteroatoms. The van der Waals surface area contributed by atoms with Gasteiger partial charge in [-0.05, 0) is 48.6 Å². The standard InChI is InChI=1S/C39H49N9O5S/c1-23(25-10-12-26(13-11-25)34-24(2)41-22-54-34)42-37(52)31-18-27(49)20-48(31)38(53)35(39(3,4)5)43-33(51)21-46-14-16-47(17-15-46)30-19-29(44-45-36(30)40)28-8-6-7-9-32(28)50/h6-13,19,22-23,27,31,35,49-50H,14-18,20-21H2,1-5H3,(H2,40,45)(H,42,52)(H,43,51)/t23-,27-,31-,35+/m0/s1. The molecule has 3 amide bonds. The molecular formula is C39H49N9O5S. The number of anilines is 2. The average molecular weight is 756 g/mol. The number of hydrogen-bond acceptors (Lipinski definition) is 12. The summed E-state index contributed by atoms with van der Waals surface area (Å²) in [5, 5.41) is 35.2. The van der Waals surface area contributed by atoms with Crippen molar-refractivity contribution < 1.29 is 24.6 Å². The Morgan fingerprint density at radius 2 is 1.72 bits per heavy atom. The van der Waals surface area contributed by atoms with Gasteiger partial charge in [0.1, 0.15) is 17.8 Å². The molecule has 2 aliphatic heterocycles. The average Bonchev–Trinajstić information content (AvgIpc) is 3.76. The summed E-state index contributed by atoms with van der Waals surface area (Å²) in [5.74, 6) is -0.702. The minimum Gasteiger partial charge on any atom is -0.507 e. The normalized spacial score (nSPS) is 19.0. The van der Waals surface area contributed by atoms with Gasteiger partial charge in [-0.1, -0.05) is 57.2 Å². The number of amides is 3. The minimum absolute atomic E-state index is 0.00277. The zero-order valence-corrected chi connectivity index (χ0v) is 32.1. The number of nitrogen functional groups attached to an aromatic ring is 1. The highest BCUT2D eigenvalue weighted by molar-refractivity contribution is 7.13. The lowest BCUT2D eigenvalue weighted by Crippen LogP contribution is -2.59. The van der Waals surface area contributed by atoms with Crippen LogP contribution in [-0.2, 0) is 14.4 Å². The van der Waals surface area contributed by atoms with E-state index in [1.807, 2.05) is 81.4 Å². The van der Waals surface area contributed by atoms with Gasteiger partial charge >= 0.3 is 0 Å². The number of aliphatic hydroxyl groups excluding tert-OH is 1. The molecule has 2 fully saturated rings. The number of benzene rings is 2. The number of aromatic hydroxyl groups is 1. The molecule has 4 heterocycles. The zero-order valence-electron chi connectivity index (χ0n) is 31.3. The molecule has 4 atom stereocenters. The van der Waals surface area contributed by atoms with E-state index in [0.717, 1.165) is 21.7 Å². The third-order valence-corrected chi connectivity index (χ3v) is 11.1. The Bertz CT molecular complexity index is 1970. The Labute approximate surface area is 319 Å². The number of nitrogens with one attached hydrogen (secondary N) is 2. The molecule has 0 radical (unpaired) electrons. The van der Waals surface area contributed by atoms with Crippen LogP contribution in [0.1, 0.15) is 51.4 Å². The van der Waals surface area contributed by atoms with Gasteiger partial charge in [-0.3, -0.25) is 19.3 Å². The number of thiazole rings is 1. The Morgan fingerprint density at radius 1 is 1.02 bits per heavy atom. The number of nitrogens with two attached hydrogens (primary N) is 1. The Hall–Kier alpha value is -5.12. The van der Waals surface area contributed by atoms with Gasteiger partial charge in [-0.15, -0.1) is 21.5 Å². The molecule has 6 N–H and O–H groups in total. The number of aryl methyl sites for hydroxylation is 1. The van der Waals surface area contributed by atoms with Crippen molar-refractivity contribution in [3.05, 3.63) is 71.4 Å². The van der Waals surface area contributed by atoms with Crippen molar-refractivity contribution >= 4 is 40.6 Å². The molecule has 0 saturated carbocycles. The van der Waals surface area contributed by atoms with Gasteiger partial charge in [0.2, 0.25) is 17.7 Å². The fraction of sp³-hybridized carbons (Fsp3) is 0.436. The quantitative estimate of drug-likeness (QED) is 0.160. The third kappa shape index (κ3) is 8.64. The number of aromatic nitrogens is 3. The van der Waals surface area contributed by atoms with Gasteiger partial charge in [0.05, 0.1) is 46.2 Å². The molecule has 6 rings (SSSR count). The first-order chi connectivity index (χ1) is 25.7. The third-order valence-electron chi connectivity index (χ3n) is 10.1. The summed E-state index contributed by atoms with van der Waals surface area (Å²) in [4.78, 5) is 52.2. The molecule has 0 bridgehead atoms. The maximum absolute atomic E-state index is 14.2. The highest BCUT2D eigenvalue weighted by atomic mass is 32.1. The van der Waals surface area contributed by atoms with Gasteiger partial charge in [0, 0.05) is 44.7 Å². The van der Waals surface area contributed by atoms with E-state index in [-0.39, 0.29) is 48.9 Å². The first-order valence-electron chi connectivity index (χ1n) is 18.2. The Morgan fingerprint density at radius 3 is 2.37 bits per heavy atom. The number of rotatable bonds is 10. The number of aliphatic hydroxyl groups is 1. The van der Waals surface area contributed by atoms with Crippen LogP contribution in [0.3, 0.4) is 0 Å². The molecule has 0 spiro atoms. The summed E-state index contributed by atoms with van der Waals surface area (Å²) in [6.07, 6.45) is -0.761. The molecule has 2 aromatic carbocycles. The Balaban J connectivity index is 1.06. The lowest BCUT2D eigenvalue weighted by Gasteiger charge is -2.38. The number of phenolic OH excluding ortho intramolecular Hbond substituents is 1. The predicted molar refractivity (Wildman–Crippen MR) is 209 cm³/mol. The SMILES string of the molecule is Cc1ncsc1-c1ccc([C@H](C)NC(=O)[C@@H]2C[C@H](O)CN2C(=O)[C@@H](NC(=O)CN2CCN(c3cc(-c4ccccc4O)nnc3N)CC2)C(C)(C)C)cc1. The van der Waals surface area contributed by atoms with Crippen LogP contribution >= 0.6 is 11.3 Å². The maximum Gasteiger partial charge on any atom is 0.246 e. The summed E-state index contributed by atoms with van der Waals surface area (Å²) in [5.41, 5.74) is 12.0. The summed E-state index contributed by atoms with van der Waals surface area (Å²) in [6, 6.07) is 14.5. The van der Waals surface area contributed by atoms with Gasteiger partial charge < -0.3 is 36.4 Å². The van der Waals surface area contributed by atoms with Crippen molar-refractivity contribution in [2.75, 3.05) is 49.9 Å². The smallest absolute Gasteiger partial charge is 0.246 e. The lowest BCUT2D eigenvalue weighted by molar-refractivity contribution is -0.144. The van der Waals surface area contributed by atoms with E-state index in [2.05, 4.69) is 30.7 Å². The van der Waals surface area contributed by atoms with Crippen molar-refractivity contribution in [3.8, 4) is 27.4 Å². The number of para-hydroxylation sites is 1. The van der Waals surface area contributed by atoms with Crippen LogP contribution in [0, 0.1) is 12.3 Å². The second-order valence-corrected chi connectivity index (χ2v) is 16.0. The van der Waals surface area contributed by atoms with Crippen LogP contribution in [0.25, 0.3) is 21.7 Å². The Kier molecular flexibility index (Phi) is 11.5. The molecule has 14 nitrogen and oxygen atoms in total. The molecule has 0 unspecified atom stereocenters. The van der Waals surface area contributed by atoms with Crippen LogP contribution in [0.5, 0.6) is 5.75 Å².